The minimum Gasteiger partial charge on any atom is -0.463 e. The van der Waals surface area contributed by atoms with E-state index in [4.69, 9.17) is 9.47 Å². The normalized spacial score (nSPS) is 15.2. The SMILES string of the molecule is CCOC(=O)/C(C)=C/[C@@H](Cc1ccc(C2=CCCC=C2)cc1)NC(=O)OC(C)(C)C. The number of benzene rings is 1. The highest BCUT2D eigenvalue weighted by Crippen LogP contribution is 2.22. The number of hydrogen-bond donors (Lipinski definition) is 1. The Morgan fingerprint density at radius 3 is 2.43 bits per heavy atom. The fraction of sp³-hybridized carbons (Fsp3) is 0.440. The molecule has 30 heavy (non-hydrogen) atoms. The number of allylic oxidation sites excluding steroid dienone is 4. The van der Waals surface area contributed by atoms with Crippen LogP contribution < -0.4 is 5.32 Å². The van der Waals surface area contributed by atoms with Crippen LogP contribution in [0.1, 0.15) is 58.6 Å². The van der Waals surface area contributed by atoms with E-state index in [1.165, 1.54) is 11.1 Å². The van der Waals surface area contributed by atoms with Gasteiger partial charge in [0.15, 0.2) is 0 Å². The molecule has 0 unspecified atom stereocenters. The zero-order chi connectivity index (χ0) is 22.1. The quantitative estimate of drug-likeness (QED) is 0.484. The molecule has 5 heteroatoms. The summed E-state index contributed by atoms with van der Waals surface area (Å²) in [5.41, 5.74) is 3.30. The number of alkyl carbamates (subject to hydrolysis) is 1. The third-order valence-corrected chi connectivity index (χ3v) is 4.49. The highest BCUT2D eigenvalue weighted by molar-refractivity contribution is 5.88. The number of hydrogen-bond acceptors (Lipinski definition) is 4. The molecule has 162 valence electrons. The molecule has 5 nitrogen and oxygen atoms in total. The van der Waals surface area contributed by atoms with E-state index in [2.05, 4.69) is 47.8 Å². The molecule has 0 saturated heterocycles. The van der Waals surface area contributed by atoms with Crippen molar-refractivity contribution in [3.63, 3.8) is 0 Å². The maximum atomic E-state index is 12.3. The summed E-state index contributed by atoms with van der Waals surface area (Å²) in [5, 5.41) is 2.86. The number of amides is 1. The van der Waals surface area contributed by atoms with Crippen molar-refractivity contribution in [2.75, 3.05) is 6.61 Å². The zero-order valence-electron chi connectivity index (χ0n) is 18.7. The van der Waals surface area contributed by atoms with Crippen LogP contribution >= 0.6 is 0 Å². The van der Waals surface area contributed by atoms with Crippen LogP contribution in [0.3, 0.4) is 0 Å². The molecule has 0 aliphatic heterocycles. The topological polar surface area (TPSA) is 64.6 Å². The highest BCUT2D eigenvalue weighted by atomic mass is 16.6. The minimum atomic E-state index is -0.600. The van der Waals surface area contributed by atoms with E-state index in [-0.39, 0.29) is 5.97 Å². The van der Waals surface area contributed by atoms with Gasteiger partial charge in [0.25, 0.3) is 0 Å². The van der Waals surface area contributed by atoms with Gasteiger partial charge in [-0.05, 0) is 70.6 Å². The summed E-state index contributed by atoms with van der Waals surface area (Å²) in [4.78, 5) is 24.3. The van der Waals surface area contributed by atoms with Crippen molar-refractivity contribution in [2.45, 2.75) is 65.5 Å². The summed E-state index contributed by atoms with van der Waals surface area (Å²) in [6.07, 6.45) is 10.5. The number of rotatable bonds is 7. The van der Waals surface area contributed by atoms with Crippen LogP contribution in [0.15, 0.2) is 54.1 Å². The van der Waals surface area contributed by atoms with Crippen LogP contribution in [-0.4, -0.2) is 30.3 Å². The van der Waals surface area contributed by atoms with Crippen molar-refractivity contribution in [3.05, 3.63) is 65.3 Å². The Morgan fingerprint density at radius 1 is 1.17 bits per heavy atom. The van der Waals surface area contributed by atoms with Crippen molar-refractivity contribution in [1.29, 1.82) is 0 Å². The van der Waals surface area contributed by atoms with Crippen molar-refractivity contribution in [1.82, 2.24) is 5.32 Å². The van der Waals surface area contributed by atoms with E-state index in [1.54, 1.807) is 19.9 Å². The molecule has 0 aromatic heterocycles. The lowest BCUT2D eigenvalue weighted by Gasteiger charge is -2.23. The van der Waals surface area contributed by atoms with Crippen molar-refractivity contribution in [2.24, 2.45) is 0 Å². The highest BCUT2D eigenvalue weighted by Gasteiger charge is 2.20. The number of carbonyl (C=O) groups is 2. The van der Waals surface area contributed by atoms with Gasteiger partial charge in [-0.15, -0.1) is 0 Å². The first-order valence-electron chi connectivity index (χ1n) is 10.5. The molecule has 0 radical (unpaired) electrons. The summed E-state index contributed by atoms with van der Waals surface area (Å²) in [6.45, 7) is 9.20. The Labute approximate surface area is 179 Å². The molecule has 1 aromatic carbocycles. The Morgan fingerprint density at radius 2 is 1.87 bits per heavy atom. The molecule has 1 atom stereocenters. The second-order valence-corrected chi connectivity index (χ2v) is 8.36. The van der Waals surface area contributed by atoms with Gasteiger partial charge in [0.05, 0.1) is 12.6 Å². The van der Waals surface area contributed by atoms with Gasteiger partial charge in [-0.2, -0.15) is 0 Å². The van der Waals surface area contributed by atoms with Gasteiger partial charge >= 0.3 is 12.1 Å². The molecular weight excluding hydrogens is 378 g/mol. The second kappa shape index (κ2) is 10.8. The number of nitrogens with one attached hydrogen (secondary N) is 1. The molecule has 0 heterocycles. The lowest BCUT2D eigenvalue weighted by molar-refractivity contribution is -0.138. The molecule has 1 aliphatic carbocycles. The lowest BCUT2D eigenvalue weighted by atomic mass is 9.97. The number of ether oxygens (including phenoxy) is 2. The van der Waals surface area contributed by atoms with Crippen LogP contribution in [0, 0.1) is 0 Å². The van der Waals surface area contributed by atoms with Gasteiger partial charge in [0, 0.05) is 5.57 Å². The van der Waals surface area contributed by atoms with Crippen LogP contribution in [0.4, 0.5) is 4.79 Å². The van der Waals surface area contributed by atoms with Gasteiger partial charge in [0.2, 0.25) is 0 Å². The first kappa shape index (κ1) is 23.5. The Kier molecular flexibility index (Phi) is 8.46. The molecule has 0 saturated carbocycles. The van der Waals surface area contributed by atoms with Gasteiger partial charge in [-0.3, -0.25) is 0 Å². The predicted molar refractivity (Wildman–Crippen MR) is 120 cm³/mol. The predicted octanol–water partition coefficient (Wildman–Crippen LogP) is 5.37. The first-order chi connectivity index (χ1) is 14.2. The third kappa shape index (κ3) is 7.90. The van der Waals surface area contributed by atoms with Crippen molar-refractivity contribution in [3.8, 4) is 0 Å². The van der Waals surface area contributed by atoms with Gasteiger partial charge in [-0.25, -0.2) is 9.59 Å². The van der Waals surface area contributed by atoms with E-state index >= 15 is 0 Å². The van der Waals surface area contributed by atoms with Crippen LogP contribution in [0.2, 0.25) is 0 Å². The number of carbonyl (C=O) groups excluding carboxylic acids is 2. The summed E-state index contributed by atoms with van der Waals surface area (Å²) in [6, 6.07) is 7.88. The van der Waals surface area contributed by atoms with E-state index in [1.807, 2.05) is 20.8 Å². The molecule has 1 aromatic rings. The van der Waals surface area contributed by atoms with E-state index in [0.717, 1.165) is 18.4 Å². The summed E-state index contributed by atoms with van der Waals surface area (Å²) >= 11 is 0. The van der Waals surface area contributed by atoms with Crippen molar-refractivity contribution >= 4 is 17.6 Å². The van der Waals surface area contributed by atoms with Gasteiger partial charge in [-0.1, -0.05) is 48.6 Å². The fourth-order valence-corrected chi connectivity index (χ4v) is 3.14. The van der Waals surface area contributed by atoms with Crippen LogP contribution in [-0.2, 0) is 20.7 Å². The maximum Gasteiger partial charge on any atom is 0.408 e. The van der Waals surface area contributed by atoms with Crippen LogP contribution in [0.25, 0.3) is 5.57 Å². The van der Waals surface area contributed by atoms with E-state index in [9.17, 15) is 9.59 Å². The largest absolute Gasteiger partial charge is 0.463 e. The molecule has 0 spiro atoms. The molecular formula is C25H33NO4. The minimum absolute atomic E-state index is 0.305. The second-order valence-electron chi connectivity index (χ2n) is 8.36. The summed E-state index contributed by atoms with van der Waals surface area (Å²) in [7, 11) is 0. The third-order valence-electron chi connectivity index (χ3n) is 4.49. The average Bonchev–Trinajstić information content (AvgIpc) is 2.68. The maximum absolute atomic E-state index is 12.3. The van der Waals surface area contributed by atoms with E-state index < -0.39 is 17.7 Å². The Balaban J connectivity index is 2.15. The zero-order valence-corrected chi connectivity index (χ0v) is 18.7. The first-order valence-corrected chi connectivity index (χ1v) is 10.5. The monoisotopic (exact) mass is 411 g/mol. The van der Waals surface area contributed by atoms with Crippen molar-refractivity contribution < 1.29 is 19.1 Å². The van der Waals surface area contributed by atoms with Crippen LogP contribution in [0.5, 0.6) is 0 Å². The molecule has 0 fully saturated rings. The Hall–Kier alpha value is -2.82. The Bertz CT molecular complexity index is 826. The summed E-state index contributed by atoms with van der Waals surface area (Å²) < 4.78 is 10.4. The average molecular weight is 412 g/mol. The molecule has 1 N–H and O–H groups in total. The molecule has 2 rings (SSSR count). The standard InChI is InChI=1S/C25H33NO4/c1-6-29-23(27)18(2)16-22(26-24(28)30-25(3,4)5)17-19-12-14-21(15-13-19)20-10-8-7-9-11-20/h8,10-16,22H,6-7,9,17H2,1-5H3,(H,26,28)/b18-16+/t22-/m0/s1. The number of esters is 1. The fourth-order valence-electron chi connectivity index (χ4n) is 3.14. The molecule has 1 aliphatic rings. The van der Waals surface area contributed by atoms with Gasteiger partial charge in [0.1, 0.15) is 5.60 Å². The smallest absolute Gasteiger partial charge is 0.408 e. The lowest BCUT2D eigenvalue weighted by Crippen LogP contribution is -2.39. The molecule has 1 amide bonds. The summed E-state index contributed by atoms with van der Waals surface area (Å²) in [5.74, 6) is -0.389. The molecule has 0 bridgehead atoms. The van der Waals surface area contributed by atoms with Gasteiger partial charge < -0.3 is 14.8 Å². The van der Waals surface area contributed by atoms with E-state index in [0.29, 0.717) is 18.6 Å².